The van der Waals surface area contributed by atoms with E-state index in [1.165, 1.54) is 0 Å². The third-order valence-corrected chi connectivity index (χ3v) is 7.69. The highest BCUT2D eigenvalue weighted by Gasteiger charge is 2.25. The number of ether oxygens (including phenoxy) is 1. The molecule has 9 nitrogen and oxygen atoms in total. The Bertz CT molecular complexity index is 1340. The van der Waals surface area contributed by atoms with Crippen LogP contribution in [-0.4, -0.2) is 82.7 Å². The molecule has 0 saturated carbocycles. The van der Waals surface area contributed by atoms with E-state index in [2.05, 4.69) is 74.6 Å². The van der Waals surface area contributed by atoms with Crippen molar-refractivity contribution < 1.29 is 9.84 Å². The van der Waals surface area contributed by atoms with Crippen molar-refractivity contribution in [3.05, 3.63) is 54.4 Å². The number of nitrogens with zero attached hydrogens (tertiary/aromatic N) is 6. The van der Waals surface area contributed by atoms with E-state index in [0.29, 0.717) is 41.7 Å². The zero-order valence-corrected chi connectivity index (χ0v) is 22.9. The van der Waals surface area contributed by atoms with Crippen LogP contribution in [0.1, 0.15) is 32.9 Å². The maximum atomic E-state index is 10.3. The Hall–Kier alpha value is -3.87. The van der Waals surface area contributed by atoms with Crippen LogP contribution in [0.4, 0.5) is 17.2 Å². The summed E-state index contributed by atoms with van der Waals surface area (Å²) < 4.78 is 5.63. The first kappa shape index (κ1) is 26.7. The number of aromatic nitrogens is 3. The van der Waals surface area contributed by atoms with Crippen LogP contribution in [0.2, 0.25) is 0 Å². The number of nitrogen functional groups attached to an aromatic ring is 1. The summed E-state index contributed by atoms with van der Waals surface area (Å²) in [7, 11) is 0. The Morgan fingerprint density at radius 1 is 1.00 bits per heavy atom. The summed E-state index contributed by atoms with van der Waals surface area (Å²) in [6.07, 6.45) is 2.79. The van der Waals surface area contributed by atoms with Gasteiger partial charge >= 0.3 is 0 Å². The molecule has 0 radical (unpaired) electrons. The van der Waals surface area contributed by atoms with Crippen molar-refractivity contribution in [1.29, 1.82) is 0 Å². The Morgan fingerprint density at radius 3 is 2.59 bits per heavy atom. The van der Waals surface area contributed by atoms with Crippen LogP contribution in [0.3, 0.4) is 0 Å². The fraction of sp³-hybridized carbons (Fsp3) is 0.433. The standard InChI is InChI=1S/C30H37N7O2/c1-21-11-14-35(28-18-27(33-34-30(28)31)26-8-4-5-9-29(26)38)15-16-37(21)25-10-12-32-24(17-25)7-6-13-36-22(2)19-39-20-23(36)3/h4-5,8-10,12,17-18,21-23,38H,11,13-16,19-20H2,1-3H3,(H2,31,34). The van der Waals surface area contributed by atoms with Crippen LogP contribution in [0.15, 0.2) is 48.7 Å². The summed E-state index contributed by atoms with van der Waals surface area (Å²) in [4.78, 5) is 11.6. The molecule has 2 saturated heterocycles. The fourth-order valence-electron chi connectivity index (χ4n) is 5.38. The summed E-state index contributed by atoms with van der Waals surface area (Å²) in [5, 5.41) is 18.7. The minimum atomic E-state index is 0.170. The molecule has 3 unspecified atom stereocenters. The second-order valence-corrected chi connectivity index (χ2v) is 10.4. The fourth-order valence-corrected chi connectivity index (χ4v) is 5.38. The molecule has 204 valence electrons. The minimum Gasteiger partial charge on any atom is -0.507 e. The van der Waals surface area contributed by atoms with Crippen LogP contribution >= 0.6 is 0 Å². The number of para-hydroxylation sites is 1. The highest BCUT2D eigenvalue weighted by molar-refractivity contribution is 5.74. The molecule has 0 bridgehead atoms. The van der Waals surface area contributed by atoms with Gasteiger partial charge in [0.15, 0.2) is 5.82 Å². The number of hydrogen-bond donors (Lipinski definition) is 2. The number of phenols is 1. The predicted molar refractivity (Wildman–Crippen MR) is 155 cm³/mol. The minimum absolute atomic E-state index is 0.170. The number of pyridine rings is 1. The zero-order chi connectivity index (χ0) is 27.4. The molecule has 3 N–H and O–H groups in total. The van der Waals surface area contributed by atoms with Crippen LogP contribution < -0.4 is 15.5 Å². The Kier molecular flexibility index (Phi) is 8.15. The van der Waals surface area contributed by atoms with Gasteiger partial charge in [0.2, 0.25) is 0 Å². The first-order valence-corrected chi connectivity index (χ1v) is 13.6. The van der Waals surface area contributed by atoms with Gasteiger partial charge in [0.1, 0.15) is 11.4 Å². The van der Waals surface area contributed by atoms with Gasteiger partial charge in [0.25, 0.3) is 0 Å². The molecule has 39 heavy (non-hydrogen) atoms. The van der Waals surface area contributed by atoms with Gasteiger partial charge < -0.3 is 25.4 Å². The van der Waals surface area contributed by atoms with E-state index >= 15 is 0 Å². The quantitative estimate of drug-likeness (QED) is 0.494. The summed E-state index contributed by atoms with van der Waals surface area (Å²) in [5.41, 5.74) is 10.3. The lowest BCUT2D eigenvalue weighted by Crippen LogP contribution is -2.49. The van der Waals surface area contributed by atoms with Gasteiger partial charge in [0, 0.05) is 55.2 Å². The van der Waals surface area contributed by atoms with Crippen LogP contribution in [0, 0.1) is 11.8 Å². The molecular formula is C30H37N7O2. The monoisotopic (exact) mass is 527 g/mol. The number of morpholine rings is 1. The van der Waals surface area contributed by atoms with Crippen molar-refractivity contribution in [3.63, 3.8) is 0 Å². The Labute approximate surface area is 230 Å². The molecule has 5 rings (SSSR count). The molecule has 2 fully saturated rings. The number of rotatable bonds is 4. The van der Waals surface area contributed by atoms with E-state index < -0.39 is 0 Å². The van der Waals surface area contributed by atoms with Gasteiger partial charge in [-0.3, -0.25) is 4.90 Å². The highest BCUT2D eigenvalue weighted by atomic mass is 16.5. The lowest BCUT2D eigenvalue weighted by molar-refractivity contribution is -0.0296. The van der Waals surface area contributed by atoms with E-state index in [0.717, 1.165) is 56.3 Å². The lowest BCUT2D eigenvalue weighted by Gasteiger charge is -2.37. The number of nitrogens with two attached hydrogens (primary N) is 1. The number of aromatic hydroxyl groups is 1. The predicted octanol–water partition coefficient (Wildman–Crippen LogP) is 3.39. The summed E-state index contributed by atoms with van der Waals surface area (Å²) in [5.74, 6) is 7.17. The Balaban J connectivity index is 1.30. The van der Waals surface area contributed by atoms with Gasteiger partial charge in [-0.25, -0.2) is 4.98 Å². The Morgan fingerprint density at radius 2 is 1.79 bits per heavy atom. The largest absolute Gasteiger partial charge is 0.507 e. The molecule has 3 aromatic rings. The number of phenolic OH excluding ortho intramolecular Hbond substituents is 1. The second kappa shape index (κ2) is 11.9. The van der Waals surface area contributed by atoms with E-state index in [1.807, 2.05) is 24.4 Å². The van der Waals surface area contributed by atoms with Crippen molar-refractivity contribution in [2.24, 2.45) is 0 Å². The van der Waals surface area contributed by atoms with Gasteiger partial charge in [-0.15, -0.1) is 10.2 Å². The average Bonchev–Trinajstić information content (AvgIpc) is 3.13. The average molecular weight is 528 g/mol. The molecule has 3 atom stereocenters. The summed E-state index contributed by atoms with van der Waals surface area (Å²) >= 11 is 0. The molecule has 2 aliphatic heterocycles. The summed E-state index contributed by atoms with van der Waals surface area (Å²) in [6, 6.07) is 14.3. The maximum absolute atomic E-state index is 10.3. The molecule has 2 aromatic heterocycles. The van der Waals surface area contributed by atoms with E-state index in [4.69, 9.17) is 10.5 Å². The van der Waals surface area contributed by atoms with Crippen LogP contribution in [0.25, 0.3) is 11.3 Å². The third-order valence-electron chi connectivity index (χ3n) is 7.69. The molecular weight excluding hydrogens is 490 g/mol. The van der Waals surface area contributed by atoms with Crippen LogP contribution in [0.5, 0.6) is 5.75 Å². The third kappa shape index (κ3) is 6.08. The second-order valence-electron chi connectivity index (χ2n) is 10.4. The van der Waals surface area contributed by atoms with Gasteiger partial charge in [-0.05, 0) is 63.4 Å². The number of hydrogen-bond acceptors (Lipinski definition) is 9. The molecule has 1 aromatic carbocycles. The SMILES string of the molecule is CC1CCN(c2cc(-c3ccccc3O)nnc2N)CCN1c1ccnc(C#CCN2C(C)COCC2C)c1. The number of benzene rings is 1. The zero-order valence-electron chi connectivity index (χ0n) is 22.9. The highest BCUT2D eigenvalue weighted by Crippen LogP contribution is 2.32. The molecule has 0 amide bonds. The lowest BCUT2D eigenvalue weighted by atomic mass is 10.1. The molecule has 0 aliphatic carbocycles. The van der Waals surface area contributed by atoms with Gasteiger partial charge in [-0.1, -0.05) is 18.1 Å². The molecule has 4 heterocycles. The van der Waals surface area contributed by atoms with E-state index in [9.17, 15) is 5.11 Å². The summed E-state index contributed by atoms with van der Waals surface area (Å²) in [6.45, 7) is 11.2. The van der Waals surface area contributed by atoms with E-state index in [-0.39, 0.29) is 5.75 Å². The molecule has 2 aliphatic rings. The van der Waals surface area contributed by atoms with E-state index in [1.54, 1.807) is 12.1 Å². The number of anilines is 3. The maximum Gasteiger partial charge on any atom is 0.169 e. The van der Waals surface area contributed by atoms with Gasteiger partial charge in [-0.2, -0.15) is 0 Å². The van der Waals surface area contributed by atoms with Crippen molar-refractivity contribution in [2.45, 2.75) is 45.3 Å². The van der Waals surface area contributed by atoms with Crippen molar-refractivity contribution in [2.75, 3.05) is 54.9 Å². The normalized spacial score (nSPS) is 22.2. The topological polar surface area (TPSA) is 104 Å². The first-order chi connectivity index (χ1) is 18.9. The smallest absolute Gasteiger partial charge is 0.169 e. The van der Waals surface area contributed by atoms with Crippen molar-refractivity contribution in [3.8, 4) is 28.8 Å². The van der Waals surface area contributed by atoms with Crippen molar-refractivity contribution >= 4 is 17.2 Å². The van der Waals surface area contributed by atoms with Gasteiger partial charge in [0.05, 0.1) is 31.1 Å². The molecule has 9 heteroatoms. The molecule has 0 spiro atoms. The first-order valence-electron chi connectivity index (χ1n) is 13.6. The van der Waals surface area contributed by atoms with Crippen LogP contribution in [-0.2, 0) is 4.74 Å². The van der Waals surface area contributed by atoms with Crippen molar-refractivity contribution in [1.82, 2.24) is 20.1 Å².